The van der Waals surface area contributed by atoms with Crippen molar-refractivity contribution in [1.29, 1.82) is 0 Å². The number of piperidine rings is 1. The van der Waals surface area contributed by atoms with Crippen molar-refractivity contribution in [2.75, 3.05) is 39.0 Å². The highest BCUT2D eigenvalue weighted by molar-refractivity contribution is 7.88. The average Bonchev–Trinajstić information content (AvgIpc) is 2.63. The van der Waals surface area contributed by atoms with Gasteiger partial charge in [0.1, 0.15) is 0 Å². The predicted molar refractivity (Wildman–Crippen MR) is 66.2 cm³/mol. The highest BCUT2D eigenvalue weighted by Gasteiger charge is 2.29. The summed E-state index contributed by atoms with van der Waals surface area (Å²) in [6, 6.07) is 0. The molecule has 0 amide bonds. The Hall–Kier alpha value is -0.170. The van der Waals surface area contributed by atoms with Gasteiger partial charge in [-0.3, -0.25) is 0 Å². The normalized spacial score (nSPS) is 33.1. The molecule has 17 heavy (non-hydrogen) atoms. The number of hydrogen-bond donors (Lipinski definition) is 1. The van der Waals surface area contributed by atoms with Crippen molar-refractivity contribution in [3.63, 3.8) is 0 Å². The highest BCUT2D eigenvalue weighted by Crippen LogP contribution is 2.21. The van der Waals surface area contributed by atoms with E-state index >= 15 is 0 Å². The van der Waals surface area contributed by atoms with Gasteiger partial charge in [0, 0.05) is 32.7 Å². The van der Waals surface area contributed by atoms with E-state index in [-0.39, 0.29) is 6.10 Å². The fraction of sp³-hybridized carbons (Fsp3) is 1.00. The molecule has 2 aliphatic rings. The van der Waals surface area contributed by atoms with Crippen LogP contribution in [0.3, 0.4) is 0 Å². The lowest BCUT2D eigenvalue weighted by atomic mass is 9.99. The number of sulfonamides is 1. The van der Waals surface area contributed by atoms with Crippen molar-refractivity contribution in [2.24, 2.45) is 5.92 Å². The monoisotopic (exact) mass is 262 g/mol. The molecule has 6 heteroatoms. The third-order valence-electron chi connectivity index (χ3n) is 3.71. The van der Waals surface area contributed by atoms with E-state index in [0.717, 1.165) is 38.9 Å². The average molecular weight is 262 g/mol. The summed E-state index contributed by atoms with van der Waals surface area (Å²) >= 11 is 0. The Morgan fingerprint density at radius 3 is 2.59 bits per heavy atom. The molecule has 0 aromatic carbocycles. The summed E-state index contributed by atoms with van der Waals surface area (Å²) in [5.41, 5.74) is 0. The summed E-state index contributed by atoms with van der Waals surface area (Å²) in [5.74, 6) is 0.420. The molecular weight excluding hydrogens is 240 g/mol. The van der Waals surface area contributed by atoms with Crippen LogP contribution in [0.15, 0.2) is 0 Å². The molecule has 0 aromatic rings. The Morgan fingerprint density at radius 1 is 1.24 bits per heavy atom. The molecule has 2 rings (SSSR count). The molecule has 2 heterocycles. The van der Waals surface area contributed by atoms with Crippen molar-refractivity contribution in [1.82, 2.24) is 9.21 Å². The number of nitrogens with zero attached hydrogens (tertiary/aromatic N) is 2. The first-order chi connectivity index (χ1) is 7.95. The van der Waals surface area contributed by atoms with Crippen LogP contribution in [0.2, 0.25) is 0 Å². The Balaban J connectivity index is 1.85. The molecule has 0 spiro atoms. The lowest BCUT2D eigenvalue weighted by Gasteiger charge is -2.33. The second-order valence-corrected chi connectivity index (χ2v) is 7.31. The van der Waals surface area contributed by atoms with Gasteiger partial charge in [0.2, 0.25) is 10.0 Å². The molecule has 2 unspecified atom stereocenters. The summed E-state index contributed by atoms with van der Waals surface area (Å²) in [7, 11) is -3.04. The Labute approximate surface area is 103 Å². The highest BCUT2D eigenvalue weighted by atomic mass is 32.2. The maximum atomic E-state index is 11.5. The molecule has 0 aliphatic carbocycles. The van der Waals surface area contributed by atoms with Crippen LogP contribution in [-0.2, 0) is 10.0 Å². The summed E-state index contributed by atoms with van der Waals surface area (Å²) < 4.78 is 24.6. The van der Waals surface area contributed by atoms with Gasteiger partial charge in [-0.05, 0) is 25.2 Å². The second-order valence-electron chi connectivity index (χ2n) is 5.33. The van der Waals surface area contributed by atoms with Crippen molar-refractivity contribution in [2.45, 2.75) is 25.4 Å². The van der Waals surface area contributed by atoms with Gasteiger partial charge in [-0.2, -0.15) is 0 Å². The lowest BCUT2D eigenvalue weighted by Crippen LogP contribution is -2.43. The quantitative estimate of drug-likeness (QED) is 0.760. The van der Waals surface area contributed by atoms with Gasteiger partial charge >= 0.3 is 0 Å². The molecule has 0 saturated carbocycles. The molecule has 2 saturated heterocycles. The van der Waals surface area contributed by atoms with Crippen molar-refractivity contribution < 1.29 is 13.5 Å². The molecule has 0 aromatic heterocycles. The minimum atomic E-state index is -3.04. The summed E-state index contributed by atoms with van der Waals surface area (Å²) in [4.78, 5) is 2.25. The van der Waals surface area contributed by atoms with Crippen LogP contribution in [0.4, 0.5) is 0 Å². The number of hydrogen-bond acceptors (Lipinski definition) is 4. The maximum Gasteiger partial charge on any atom is 0.211 e. The third kappa shape index (κ3) is 3.64. The molecule has 0 radical (unpaired) electrons. The zero-order chi connectivity index (χ0) is 12.5. The Kier molecular flexibility index (Phi) is 4.07. The van der Waals surface area contributed by atoms with Crippen molar-refractivity contribution in [3.05, 3.63) is 0 Å². The largest absolute Gasteiger partial charge is 0.392 e. The Morgan fingerprint density at radius 2 is 2.00 bits per heavy atom. The van der Waals surface area contributed by atoms with E-state index in [1.807, 2.05) is 0 Å². The van der Waals surface area contributed by atoms with Crippen LogP contribution in [0, 0.1) is 5.92 Å². The van der Waals surface area contributed by atoms with Gasteiger partial charge < -0.3 is 10.0 Å². The molecular formula is C11H22N2O3S. The zero-order valence-electron chi connectivity index (χ0n) is 10.4. The lowest BCUT2D eigenvalue weighted by molar-refractivity contribution is 0.157. The standard InChI is InChI=1S/C11H22N2O3S/c1-17(15,16)13-5-2-3-10(8-13)7-12-6-4-11(14)9-12/h10-11,14H,2-9H2,1H3. The van der Waals surface area contributed by atoms with E-state index in [2.05, 4.69) is 4.90 Å². The fourth-order valence-electron chi connectivity index (χ4n) is 2.82. The van der Waals surface area contributed by atoms with E-state index in [4.69, 9.17) is 0 Å². The van der Waals surface area contributed by atoms with Gasteiger partial charge in [-0.25, -0.2) is 12.7 Å². The van der Waals surface area contributed by atoms with Gasteiger partial charge in [0.15, 0.2) is 0 Å². The smallest absolute Gasteiger partial charge is 0.211 e. The number of aliphatic hydroxyl groups is 1. The molecule has 0 bridgehead atoms. The topological polar surface area (TPSA) is 60.9 Å². The molecule has 1 N–H and O–H groups in total. The number of likely N-dealkylation sites (tertiary alicyclic amines) is 1. The van der Waals surface area contributed by atoms with Crippen LogP contribution in [0.5, 0.6) is 0 Å². The fourth-order valence-corrected chi connectivity index (χ4v) is 3.76. The van der Waals surface area contributed by atoms with E-state index in [1.54, 1.807) is 4.31 Å². The molecule has 100 valence electrons. The van der Waals surface area contributed by atoms with Crippen molar-refractivity contribution in [3.8, 4) is 0 Å². The first kappa shape index (κ1) is 13.3. The molecule has 2 aliphatic heterocycles. The SMILES string of the molecule is CS(=O)(=O)N1CCCC(CN2CCC(O)C2)C1. The van der Waals surface area contributed by atoms with E-state index in [9.17, 15) is 13.5 Å². The summed E-state index contributed by atoms with van der Waals surface area (Å²) in [6.45, 7) is 3.92. The number of β-amino-alcohol motifs (C(OH)–C–C–N with tert-alkyl or cyclic N) is 1. The Bertz CT molecular complexity index is 358. The first-order valence-electron chi connectivity index (χ1n) is 6.30. The van der Waals surface area contributed by atoms with Gasteiger partial charge in [0.25, 0.3) is 0 Å². The van der Waals surface area contributed by atoms with E-state index < -0.39 is 10.0 Å². The van der Waals surface area contributed by atoms with Crippen LogP contribution in [-0.4, -0.2) is 67.8 Å². The minimum absolute atomic E-state index is 0.190. The van der Waals surface area contributed by atoms with E-state index in [0.29, 0.717) is 19.0 Å². The van der Waals surface area contributed by atoms with Crippen LogP contribution >= 0.6 is 0 Å². The number of aliphatic hydroxyl groups excluding tert-OH is 1. The van der Waals surface area contributed by atoms with Crippen LogP contribution in [0.1, 0.15) is 19.3 Å². The molecule has 2 fully saturated rings. The second kappa shape index (κ2) is 5.22. The van der Waals surface area contributed by atoms with E-state index in [1.165, 1.54) is 6.26 Å². The summed E-state index contributed by atoms with van der Waals surface area (Å²) in [5, 5.41) is 9.46. The van der Waals surface area contributed by atoms with Gasteiger partial charge in [-0.1, -0.05) is 0 Å². The maximum absolute atomic E-state index is 11.5. The first-order valence-corrected chi connectivity index (χ1v) is 8.15. The van der Waals surface area contributed by atoms with Crippen LogP contribution < -0.4 is 0 Å². The zero-order valence-corrected chi connectivity index (χ0v) is 11.2. The van der Waals surface area contributed by atoms with Crippen molar-refractivity contribution >= 4 is 10.0 Å². The van der Waals surface area contributed by atoms with Gasteiger partial charge in [0.05, 0.1) is 12.4 Å². The van der Waals surface area contributed by atoms with Crippen LogP contribution in [0.25, 0.3) is 0 Å². The third-order valence-corrected chi connectivity index (χ3v) is 4.98. The number of rotatable bonds is 3. The predicted octanol–water partition coefficient (Wildman–Crippen LogP) is -0.275. The summed E-state index contributed by atoms with van der Waals surface area (Å²) in [6.07, 6.45) is 3.99. The van der Waals surface area contributed by atoms with Gasteiger partial charge in [-0.15, -0.1) is 0 Å². The minimum Gasteiger partial charge on any atom is -0.392 e. The molecule has 2 atom stereocenters. The molecule has 5 nitrogen and oxygen atoms in total.